The number of rotatable bonds is 7. The van der Waals surface area contributed by atoms with Crippen molar-refractivity contribution in [3.8, 4) is 22.3 Å². The maximum absolute atomic E-state index is 2.55. The summed E-state index contributed by atoms with van der Waals surface area (Å²) in [7, 11) is 0. The van der Waals surface area contributed by atoms with Gasteiger partial charge >= 0.3 is 0 Å². The van der Waals surface area contributed by atoms with Crippen molar-refractivity contribution < 1.29 is 0 Å². The highest BCUT2D eigenvalue weighted by Gasteiger charge is 2.50. The van der Waals surface area contributed by atoms with Crippen LogP contribution in [-0.4, -0.2) is 0 Å². The summed E-state index contributed by atoms with van der Waals surface area (Å²) in [5.74, 6) is 0.546. The Labute approximate surface area is 251 Å². The Balaban J connectivity index is 1.47. The number of fused-ring (bicyclic) bond motifs is 2. The number of benzene rings is 5. The highest BCUT2D eigenvalue weighted by atomic mass is 14.5. The molecule has 0 spiro atoms. The normalized spacial score (nSPS) is 18.5. The largest absolute Gasteiger partial charge is 0.0622 e. The molecule has 2 unspecified atom stereocenters. The molecule has 0 bridgehead atoms. The first kappa shape index (κ1) is 26.5. The fourth-order valence-electron chi connectivity index (χ4n) is 7.99. The molecule has 0 nitrogen and oxygen atoms in total. The third-order valence-electron chi connectivity index (χ3n) is 9.88. The monoisotopic (exact) mass is 542 g/mol. The second-order valence-electron chi connectivity index (χ2n) is 12.0. The Hall–Kier alpha value is -4.42. The first-order chi connectivity index (χ1) is 20.6. The Kier molecular flexibility index (Phi) is 6.79. The lowest BCUT2D eigenvalue weighted by molar-refractivity contribution is 0.359. The Morgan fingerprint density at radius 3 is 1.29 bits per heavy atom. The van der Waals surface area contributed by atoms with Gasteiger partial charge in [-0.1, -0.05) is 171 Å². The third kappa shape index (κ3) is 4.12. The van der Waals surface area contributed by atoms with Crippen LogP contribution in [0.1, 0.15) is 73.3 Å². The van der Waals surface area contributed by atoms with Gasteiger partial charge in [-0.3, -0.25) is 0 Å². The first-order valence-corrected chi connectivity index (χ1v) is 15.5. The van der Waals surface area contributed by atoms with Crippen LogP contribution in [0.4, 0.5) is 0 Å². The molecule has 0 aromatic heterocycles. The van der Waals surface area contributed by atoms with Crippen LogP contribution in [0.2, 0.25) is 0 Å². The van der Waals surface area contributed by atoms with Gasteiger partial charge in [-0.15, -0.1) is 0 Å². The summed E-state index contributed by atoms with van der Waals surface area (Å²) in [6, 6.07) is 47.1. The van der Waals surface area contributed by atoms with E-state index in [2.05, 4.69) is 160 Å². The predicted octanol–water partition coefficient (Wildman–Crippen LogP) is 11.5. The van der Waals surface area contributed by atoms with Crippen molar-refractivity contribution in [1.29, 1.82) is 0 Å². The van der Waals surface area contributed by atoms with E-state index < -0.39 is 0 Å². The quantitative estimate of drug-likeness (QED) is 0.192. The molecule has 2 atom stereocenters. The van der Waals surface area contributed by atoms with E-state index in [-0.39, 0.29) is 17.3 Å². The van der Waals surface area contributed by atoms with E-state index in [9.17, 15) is 0 Å². The van der Waals surface area contributed by atoms with Gasteiger partial charge in [-0.05, 0) is 62.9 Å². The highest BCUT2D eigenvalue weighted by Crippen LogP contribution is 2.61. The zero-order valence-corrected chi connectivity index (χ0v) is 24.8. The molecule has 5 aromatic rings. The molecule has 42 heavy (non-hydrogen) atoms. The number of hydrogen-bond acceptors (Lipinski definition) is 0. The molecule has 0 amide bonds. The highest BCUT2D eigenvalue weighted by molar-refractivity contribution is 5.85. The molecule has 206 valence electrons. The van der Waals surface area contributed by atoms with Crippen molar-refractivity contribution >= 4 is 12.2 Å². The van der Waals surface area contributed by atoms with Crippen molar-refractivity contribution in [2.75, 3.05) is 0 Å². The topological polar surface area (TPSA) is 0 Å². The smallest absolute Gasteiger partial charge is 0.0161 e. The molecule has 0 saturated carbocycles. The zero-order valence-electron chi connectivity index (χ0n) is 24.8. The van der Waals surface area contributed by atoms with Crippen molar-refractivity contribution in [3.05, 3.63) is 166 Å². The van der Waals surface area contributed by atoms with Gasteiger partial charge in [0.05, 0.1) is 0 Å². The average molecular weight is 543 g/mol. The summed E-state index contributed by atoms with van der Waals surface area (Å²) in [4.78, 5) is 0. The van der Waals surface area contributed by atoms with E-state index in [0.717, 1.165) is 12.8 Å². The van der Waals surface area contributed by atoms with Crippen LogP contribution < -0.4 is 0 Å². The van der Waals surface area contributed by atoms with E-state index in [4.69, 9.17) is 0 Å². The van der Waals surface area contributed by atoms with Crippen LogP contribution >= 0.6 is 0 Å². The van der Waals surface area contributed by atoms with Crippen molar-refractivity contribution in [1.82, 2.24) is 0 Å². The maximum atomic E-state index is 2.55. The minimum absolute atomic E-state index is 0.175. The summed E-state index contributed by atoms with van der Waals surface area (Å²) < 4.78 is 0. The molecule has 7 rings (SSSR count). The molecule has 5 aromatic carbocycles. The lowest BCUT2D eigenvalue weighted by Gasteiger charge is -2.45. The zero-order chi connectivity index (χ0) is 28.7. The summed E-state index contributed by atoms with van der Waals surface area (Å²) >= 11 is 0. The van der Waals surface area contributed by atoms with Crippen molar-refractivity contribution in [2.24, 2.45) is 0 Å². The van der Waals surface area contributed by atoms with E-state index in [0.29, 0.717) is 0 Å². The molecule has 0 N–H and O–H groups in total. The van der Waals surface area contributed by atoms with Crippen LogP contribution in [-0.2, 0) is 5.41 Å². The molecule has 0 radical (unpaired) electrons. The van der Waals surface area contributed by atoms with Crippen LogP contribution in [0, 0.1) is 0 Å². The molecule has 2 aliphatic rings. The van der Waals surface area contributed by atoms with Crippen LogP contribution in [0.3, 0.4) is 0 Å². The summed E-state index contributed by atoms with van der Waals surface area (Å²) in [6.07, 6.45) is 7.11. The Morgan fingerprint density at radius 2 is 0.881 bits per heavy atom. The maximum Gasteiger partial charge on any atom is 0.0161 e. The predicted molar refractivity (Wildman–Crippen MR) is 180 cm³/mol. The lowest BCUT2D eigenvalue weighted by atomic mass is 9.57. The van der Waals surface area contributed by atoms with Gasteiger partial charge in [0.1, 0.15) is 0 Å². The molecule has 0 heterocycles. The van der Waals surface area contributed by atoms with Gasteiger partial charge < -0.3 is 0 Å². The molecule has 0 saturated heterocycles. The van der Waals surface area contributed by atoms with Gasteiger partial charge in [0.2, 0.25) is 0 Å². The molecule has 0 heteroatoms. The first-order valence-electron chi connectivity index (χ1n) is 15.5. The van der Waals surface area contributed by atoms with Crippen molar-refractivity contribution in [3.63, 3.8) is 0 Å². The Bertz CT molecular complexity index is 1670. The molecule has 2 aliphatic carbocycles. The van der Waals surface area contributed by atoms with E-state index >= 15 is 0 Å². The van der Waals surface area contributed by atoms with E-state index in [1.54, 1.807) is 0 Å². The van der Waals surface area contributed by atoms with Crippen LogP contribution in [0.15, 0.2) is 139 Å². The molecular formula is C42H38. The standard InChI is InChI=1S/C42H38/c1-4-29-27-38-34(31-17-9-6-10-18-31)23-15-25-36(38)40(29)42(3,33-21-13-8-14-22-33)41-30(5-2)28-39-35(24-16-26-37(39)41)32-19-11-7-12-20-32/h6-28,40-41H,4-5H2,1-3H3. The van der Waals surface area contributed by atoms with Gasteiger partial charge in [-0.25, -0.2) is 0 Å². The summed E-state index contributed by atoms with van der Waals surface area (Å²) in [5.41, 5.74) is 15.3. The number of allylic oxidation sites excluding steroid dienone is 2. The average Bonchev–Trinajstić information content (AvgIpc) is 3.65. The molecular weight excluding hydrogens is 504 g/mol. The summed E-state index contributed by atoms with van der Waals surface area (Å²) in [5, 5.41) is 0. The van der Waals surface area contributed by atoms with Crippen molar-refractivity contribution in [2.45, 2.75) is 50.9 Å². The van der Waals surface area contributed by atoms with Gasteiger partial charge in [-0.2, -0.15) is 0 Å². The molecule has 0 aliphatic heterocycles. The Morgan fingerprint density at radius 1 is 0.476 bits per heavy atom. The molecule has 0 fully saturated rings. The summed E-state index contributed by atoms with van der Waals surface area (Å²) in [6.45, 7) is 7.23. The minimum Gasteiger partial charge on any atom is -0.0622 e. The fraction of sp³-hybridized carbons (Fsp3) is 0.190. The number of hydrogen-bond donors (Lipinski definition) is 0. The lowest BCUT2D eigenvalue weighted by Crippen LogP contribution is -2.37. The van der Waals surface area contributed by atoms with Gasteiger partial charge in [0.25, 0.3) is 0 Å². The van der Waals surface area contributed by atoms with Crippen LogP contribution in [0.5, 0.6) is 0 Å². The third-order valence-corrected chi connectivity index (χ3v) is 9.88. The van der Waals surface area contributed by atoms with E-state index in [1.807, 2.05) is 0 Å². The fourth-order valence-corrected chi connectivity index (χ4v) is 7.99. The van der Waals surface area contributed by atoms with E-state index in [1.165, 1.54) is 61.2 Å². The van der Waals surface area contributed by atoms with Crippen LogP contribution in [0.25, 0.3) is 34.4 Å². The minimum atomic E-state index is -0.175. The second-order valence-corrected chi connectivity index (χ2v) is 12.0. The second kappa shape index (κ2) is 10.8. The SMILES string of the molecule is CCC1=Cc2c(-c3ccccc3)cccc2C1C(C)(c1ccccc1)C1C(CC)=Cc2c(-c3ccccc3)cccc21. The van der Waals surface area contributed by atoms with Gasteiger partial charge in [0.15, 0.2) is 0 Å². The van der Waals surface area contributed by atoms with Gasteiger partial charge in [0, 0.05) is 17.3 Å².